The van der Waals surface area contributed by atoms with Gasteiger partial charge in [-0.3, -0.25) is 0 Å². The number of fused-ring (bicyclic) bond motifs is 12. The molecule has 0 aliphatic heterocycles. The summed E-state index contributed by atoms with van der Waals surface area (Å²) in [5.74, 6) is 0. The van der Waals surface area contributed by atoms with Crippen LogP contribution in [0.25, 0.3) is 94.1 Å². The maximum absolute atomic E-state index is 4.22. The van der Waals surface area contributed by atoms with Gasteiger partial charge in [-0.2, -0.15) is 0 Å². The molecule has 10 aromatic rings. The van der Waals surface area contributed by atoms with Crippen LogP contribution < -0.4 is 0 Å². The summed E-state index contributed by atoms with van der Waals surface area (Å²) < 4.78 is 4.99. The summed E-state index contributed by atoms with van der Waals surface area (Å²) in [6.07, 6.45) is 26.5. The Balaban J connectivity index is 1.22. The molecule has 67 heavy (non-hydrogen) atoms. The third-order valence-corrected chi connectivity index (χ3v) is 14.2. The second-order valence-electron chi connectivity index (χ2n) is 17.7. The third kappa shape index (κ3) is 5.96. The Hall–Kier alpha value is -8.20. The molecular formula is C65H50N2. The number of allylic oxidation sites excluding steroid dienone is 12. The van der Waals surface area contributed by atoms with E-state index in [1.165, 1.54) is 104 Å². The average Bonchev–Trinajstić information content (AvgIpc) is 4.02. The maximum Gasteiger partial charge on any atom is 0.0710 e. The fourth-order valence-electron chi connectivity index (χ4n) is 11.7. The van der Waals surface area contributed by atoms with Gasteiger partial charge >= 0.3 is 0 Å². The molecular weight excluding hydrogens is 809 g/mol. The highest BCUT2D eigenvalue weighted by atomic mass is 15.0. The Bertz CT molecular complexity index is 3820. The van der Waals surface area contributed by atoms with E-state index >= 15 is 0 Å². The second kappa shape index (κ2) is 16.3. The molecule has 0 spiro atoms. The molecule has 0 fully saturated rings. The molecule has 2 heterocycles. The van der Waals surface area contributed by atoms with Crippen molar-refractivity contribution < 1.29 is 0 Å². The molecule has 0 N–H and O–H groups in total. The summed E-state index contributed by atoms with van der Waals surface area (Å²) in [5.41, 5.74) is 17.9. The maximum atomic E-state index is 4.22. The van der Waals surface area contributed by atoms with Crippen molar-refractivity contribution in [2.75, 3.05) is 0 Å². The lowest BCUT2D eigenvalue weighted by Crippen LogP contribution is -2.30. The molecule has 2 nitrogen and oxygen atoms in total. The van der Waals surface area contributed by atoms with E-state index in [-0.39, 0.29) is 0 Å². The molecule has 0 bridgehead atoms. The van der Waals surface area contributed by atoms with E-state index in [4.69, 9.17) is 0 Å². The van der Waals surface area contributed by atoms with Gasteiger partial charge in [-0.25, -0.2) is 0 Å². The van der Waals surface area contributed by atoms with E-state index in [0.717, 1.165) is 24.2 Å². The van der Waals surface area contributed by atoms with Crippen LogP contribution in [0.5, 0.6) is 0 Å². The lowest BCUT2D eigenvalue weighted by atomic mass is 9.65. The Morgan fingerprint density at radius 2 is 1.22 bits per heavy atom. The van der Waals surface area contributed by atoms with E-state index in [0.29, 0.717) is 0 Å². The van der Waals surface area contributed by atoms with Gasteiger partial charge in [0.15, 0.2) is 0 Å². The Morgan fingerprint density at radius 1 is 0.552 bits per heavy atom. The van der Waals surface area contributed by atoms with Gasteiger partial charge in [0, 0.05) is 43.9 Å². The van der Waals surface area contributed by atoms with Crippen molar-refractivity contribution in [2.24, 2.45) is 0 Å². The molecule has 0 radical (unpaired) electrons. The molecule has 2 aliphatic rings. The molecule has 0 saturated heterocycles. The molecule has 2 aromatic heterocycles. The van der Waals surface area contributed by atoms with Gasteiger partial charge in [0.1, 0.15) is 0 Å². The van der Waals surface area contributed by atoms with Crippen LogP contribution in [0.1, 0.15) is 43.4 Å². The first-order valence-corrected chi connectivity index (χ1v) is 23.6. The van der Waals surface area contributed by atoms with Crippen LogP contribution in [0.3, 0.4) is 0 Å². The zero-order chi connectivity index (χ0) is 45.1. The minimum Gasteiger partial charge on any atom is -0.309 e. The molecule has 1 atom stereocenters. The zero-order valence-corrected chi connectivity index (χ0v) is 38.0. The summed E-state index contributed by atoms with van der Waals surface area (Å²) in [7, 11) is 0. The van der Waals surface area contributed by atoms with Gasteiger partial charge in [-0.15, -0.1) is 0 Å². The summed E-state index contributed by atoms with van der Waals surface area (Å²) in [4.78, 5) is 0. The fraction of sp³-hybridized carbons (Fsp3) is 0.0769. The van der Waals surface area contributed by atoms with Crippen LogP contribution in [-0.2, 0) is 5.41 Å². The van der Waals surface area contributed by atoms with Gasteiger partial charge in [-0.1, -0.05) is 201 Å². The zero-order valence-electron chi connectivity index (χ0n) is 38.0. The predicted molar refractivity (Wildman–Crippen MR) is 288 cm³/mol. The number of nitrogens with zero attached hydrogens (tertiary/aromatic N) is 2. The Kier molecular flexibility index (Phi) is 9.84. The van der Waals surface area contributed by atoms with Crippen LogP contribution in [-0.4, -0.2) is 9.13 Å². The van der Waals surface area contributed by atoms with Crippen LogP contribution >= 0.6 is 0 Å². The molecule has 1 unspecified atom stereocenters. The van der Waals surface area contributed by atoms with Crippen molar-refractivity contribution in [1.82, 2.24) is 9.13 Å². The number of rotatable bonds is 9. The van der Waals surface area contributed by atoms with Crippen molar-refractivity contribution in [3.8, 4) is 33.6 Å². The highest BCUT2D eigenvalue weighted by molar-refractivity contribution is 6.33. The minimum absolute atomic E-state index is 0.499. The van der Waals surface area contributed by atoms with Gasteiger partial charge < -0.3 is 9.13 Å². The average molecular weight is 859 g/mol. The number of hydrogen-bond acceptors (Lipinski definition) is 0. The third-order valence-electron chi connectivity index (χ3n) is 14.2. The Morgan fingerprint density at radius 3 is 1.99 bits per heavy atom. The lowest BCUT2D eigenvalue weighted by molar-refractivity contribution is 0.750. The standard InChI is InChI=1S/C65H50N2/c1-4-7-11-26-44-43-59-61(62-54-34-19-21-40-58(54)66(63(44)62)47-29-14-9-15-30-47)55-42-41-50-49(35-22-37-52(50)64(55)67(59)48-31-16-10-17-32-48)51-36-23-39-57-60(51)53-33-18-20-38-56(53)65(57,45(24-5-2)25-6-3)46-27-12-8-13-28-46/h4-7,9-12,14-43H,2,8,13H2,1,3H3/b7-4-,25-6-,26-11-,45-24+. The van der Waals surface area contributed by atoms with Gasteiger partial charge in [0.2, 0.25) is 0 Å². The molecule has 0 saturated carbocycles. The molecule has 2 heteroatoms. The lowest BCUT2D eigenvalue weighted by Gasteiger charge is -2.36. The van der Waals surface area contributed by atoms with Crippen LogP contribution in [0.4, 0.5) is 0 Å². The highest BCUT2D eigenvalue weighted by Gasteiger charge is 2.48. The van der Waals surface area contributed by atoms with Crippen molar-refractivity contribution in [1.29, 1.82) is 0 Å². The van der Waals surface area contributed by atoms with Crippen molar-refractivity contribution >= 4 is 60.5 Å². The van der Waals surface area contributed by atoms with E-state index in [1.807, 2.05) is 6.08 Å². The number of aromatic nitrogens is 2. The SMILES string of the molecule is C=C/C=C(\C=C/C)C1(C2=CCCC=C2)c2ccccc2-c2c(-c3cccc4c3ccc3c5c6c7ccccc7n(-c7ccccc7)c6c(/C=C\C=C/C)cc5n(-c5ccccc5)c43)cccc21. The smallest absolute Gasteiger partial charge is 0.0710 e. The molecule has 320 valence electrons. The number of benzene rings is 8. The topological polar surface area (TPSA) is 9.86 Å². The van der Waals surface area contributed by atoms with E-state index in [9.17, 15) is 0 Å². The summed E-state index contributed by atoms with van der Waals surface area (Å²) >= 11 is 0. The monoisotopic (exact) mass is 858 g/mol. The quantitative estimate of drug-likeness (QED) is 0.128. The summed E-state index contributed by atoms with van der Waals surface area (Å²) in [6.45, 7) is 8.41. The first kappa shape index (κ1) is 40.3. The molecule has 12 rings (SSSR count). The second-order valence-corrected chi connectivity index (χ2v) is 17.7. The largest absolute Gasteiger partial charge is 0.309 e. The van der Waals surface area contributed by atoms with Crippen molar-refractivity contribution in [2.45, 2.75) is 32.1 Å². The highest BCUT2D eigenvalue weighted by Crippen LogP contribution is 2.60. The van der Waals surface area contributed by atoms with Crippen LogP contribution in [0, 0.1) is 0 Å². The molecule has 0 amide bonds. The number of para-hydroxylation sites is 3. The van der Waals surface area contributed by atoms with Crippen LogP contribution in [0.2, 0.25) is 0 Å². The predicted octanol–water partition coefficient (Wildman–Crippen LogP) is 17.5. The van der Waals surface area contributed by atoms with E-state index < -0.39 is 5.41 Å². The normalized spacial score (nSPS) is 16.1. The minimum atomic E-state index is -0.499. The van der Waals surface area contributed by atoms with Gasteiger partial charge in [0.05, 0.1) is 27.5 Å². The fourth-order valence-corrected chi connectivity index (χ4v) is 11.7. The van der Waals surface area contributed by atoms with Crippen molar-refractivity contribution in [3.05, 3.63) is 259 Å². The van der Waals surface area contributed by atoms with E-state index in [2.05, 4.69) is 254 Å². The Labute approximate surface area is 392 Å². The first-order valence-electron chi connectivity index (χ1n) is 23.6. The van der Waals surface area contributed by atoms with Crippen molar-refractivity contribution in [3.63, 3.8) is 0 Å². The van der Waals surface area contributed by atoms with Gasteiger partial charge in [0.25, 0.3) is 0 Å². The molecule has 8 aromatic carbocycles. The van der Waals surface area contributed by atoms with E-state index in [1.54, 1.807) is 0 Å². The summed E-state index contributed by atoms with van der Waals surface area (Å²) in [6, 6.07) is 61.0. The summed E-state index contributed by atoms with van der Waals surface area (Å²) in [5, 5.41) is 7.43. The molecule has 2 aliphatic carbocycles. The van der Waals surface area contributed by atoms with Gasteiger partial charge in [-0.05, 0) is 113 Å². The number of hydrogen-bond donors (Lipinski definition) is 0. The first-order chi connectivity index (χ1) is 33.2. The van der Waals surface area contributed by atoms with Crippen LogP contribution in [0.15, 0.2) is 242 Å².